The molecule has 2 aromatic heterocycles. The van der Waals surface area contributed by atoms with Crippen LogP contribution in [0.3, 0.4) is 0 Å². The molecule has 0 aliphatic carbocycles. The van der Waals surface area contributed by atoms with Crippen molar-refractivity contribution in [2.75, 3.05) is 13.6 Å². The Kier molecular flexibility index (Phi) is 3.19. The monoisotopic (exact) mass is 238 g/mol. The molecular formula is C10H14N4OS. The summed E-state index contributed by atoms with van der Waals surface area (Å²) in [7, 11) is 1.80. The molecule has 0 aromatic carbocycles. The van der Waals surface area contributed by atoms with Crippen LogP contribution in [0.2, 0.25) is 0 Å². The van der Waals surface area contributed by atoms with Crippen LogP contribution in [0.15, 0.2) is 11.7 Å². The summed E-state index contributed by atoms with van der Waals surface area (Å²) in [5.74, 6) is -0.0360. The van der Waals surface area contributed by atoms with Crippen molar-refractivity contribution in [3.8, 4) is 0 Å². The van der Waals surface area contributed by atoms with E-state index in [0.29, 0.717) is 5.69 Å². The molecule has 1 amide bonds. The molecule has 6 heteroatoms. The molecule has 86 valence electrons. The normalized spacial score (nSPS) is 10.9. The van der Waals surface area contributed by atoms with Gasteiger partial charge in [0.25, 0.3) is 5.91 Å². The molecule has 0 N–H and O–H groups in total. The first-order valence-corrected chi connectivity index (χ1v) is 6.14. The number of fused-ring (bicyclic) bond motifs is 1. The second-order valence-electron chi connectivity index (χ2n) is 3.67. The molecule has 5 nitrogen and oxygen atoms in total. The number of amides is 1. The second kappa shape index (κ2) is 4.61. The van der Waals surface area contributed by atoms with Gasteiger partial charge in [-0.2, -0.15) is 5.10 Å². The van der Waals surface area contributed by atoms with Crippen LogP contribution in [-0.4, -0.2) is 39.0 Å². The number of hydrogen-bond donors (Lipinski definition) is 0. The summed E-state index contributed by atoms with van der Waals surface area (Å²) in [5.41, 5.74) is 2.18. The van der Waals surface area contributed by atoms with Crippen LogP contribution in [0, 0.1) is 0 Å². The summed E-state index contributed by atoms with van der Waals surface area (Å²) in [5, 5.41) is 4.05. The number of hydrogen-bond acceptors (Lipinski definition) is 4. The van der Waals surface area contributed by atoms with Crippen LogP contribution in [0.5, 0.6) is 0 Å². The molecule has 16 heavy (non-hydrogen) atoms. The van der Waals surface area contributed by atoms with Gasteiger partial charge in [0, 0.05) is 13.6 Å². The Balaban J connectivity index is 2.12. The Bertz CT molecular complexity index is 461. The van der Waals surface area contributed by atoms with Gasteiger partial charge in [-0.15, -0.1) is 0 Å². The van der Waals surface area contributed by atoms with Crippen LogP contribution < -0.4 is 0 Å². The maximum atomic E-state index is 11.9. The average Bonchev–Trinajstić information content (AvgIpc) is 2.84. The van der Waals surface area contributed by atoms with Gasteiger partial charge in [0.2, 0.25) is 4.96 Å². The van der Waals surface area contributed by atoms with Crippen molar-refractivity contribution in [2.45, 2.75) is 19.8 Å². The SMILES string of the molecule is CCCCN(C)C(=O)c1cn2ncsc2n1. The van der Waals surface area contributed by atoms with Gasteiger partial charge in [0.15, 0.2) is 0 Å². The van der Waals surface area contributed by atoms with E-state index >= 15 is 0 Å². The lowest BCUT2D eigenvalue weighted by Gasteiger charge is -2.14. The molecule has 0 unspecified atom stereocenters. The second-order valence-corrected chi connectivity index (χ2v) is 4.48. The number of carbonyl (C=O) groups is 1. The standard InChI is InChI=1S/C10H14N4OS/c1-3-4-5-13(2)9(15)8-6-14-10(12-8)16-7-11-14/h6-7H,3-5H2,1-2H3. The molecule has 2 heterocycles. The highest BCUT2D eigenvalue weighted by Crippen LogP contribution is 2.10. The van der Waals surface area contributed by atoms with Gasteiger partial charge < -0.3 is 4.90 Å². The third kappa shape index (κ3) is 2.06. The Hall–Kier alpha value is -1.43. The van der Waals surface area contributed by atoms with Gasteiger partial charge >= 0.3 is 0 Å². The predicted octanol–water partition coefficient (Wildman–Crippen LogP) is 1.66. The molecule has 0 radical (unpaired) electrons. The van der Waals surface area contributed by atoms with Gasteiger partial charge in [-0.3, -0.25) is 4.79 Å². The van der Waals surface area contributed by atoms with Crippen molar-refractivity contribution in [3.63, 3.8) is 0 Å². The summed E-state index contributed by atoms with van der Waals surface area (Å²) in [6.07, 6.45) is 3.77. The fourth-order valence-electron chi connectivity index (χ4n) is 1.43. The van der Waals surface area contributed by atoms with Gasteiger partial charge in [-0.1, -0.05) is 24.7 Å². The maximum absolute atomic E-state index is 11.9. The van der Waals surface area contributed by atoms with Crippen molar-refractivity contribution in [1.29, 1.82) is 0 Å². The lowest BCUT2D eigenvalue weighted by Crippen LogP contribution is -2.27. The zero-order valence-electron chi connectivity index (χ0n) is 9.38. The summed E-state index contributed by atoms with van der Waals surface area (Å²) in [6, 6.07) is 0. The van der Waals surface area contributed by atoms with E-state index in [9.17, 15) is 4.79 Å². The van der Waals surface area contributed by atoms with Crippen LogP contribution in [0.1, 0.15) is 30.3 Å². The summed E-state index contributed by atoms with van der Waals surface area (Å²) >= 11 is 1.43. The smallest absolute Gasteiger partial charge is 0.273 e. The topological polar surface area (TPSA) is 50.5 Å². The van der Waals surface area contributed by atoms with Crippen molar-refractivity contribution in [1.82, 2.24) is 19.5 Å². The van der Waals surface area contributed by atoms with E-state index in [2.05, 4.69) is 17.0 Å². The Morgan fingerprint density at radius 3 is 3.12 bits per heavy atom. The minimum Gasteiger partial charge on any atom is -0.340 e. The van der Waals surface area contributed by atoms with E-state index in [-0.39, 0.29) is 5.91 Å². The van der Waals surface area contributed by atoms with Crippen molar-refractivity contribution < 1.29 is 4.79 Å². The summed E-state index contributed by atoms with van der Waals surface area (Å²) in [4.78, 5) is 18.6. The van der Waals surface area contributed by atoms with Crippen molar-refractivity contribution in [3.05, 3.63) is 17.4 Å². The van der Waals surface area contributed by atoms with E-state index in [0.717, 1.165) is 24.3 Å². The van der Waals surface area contributed by atoms with Crippen molar-refractivity contribution in [2.24, 2.45) is 0 Å². The number of aromatic nitrogens is 3. The Morgan fingerprint density at radius 1 is 1.62 bits per heavy atom. The highest BCUT2D eigenvalue weighted by molar-refractivity contribution is 7.14. The number of nitrogens with zero attached hydrogens (tertiary/aromatic N) is 4. The van der Waals surface area contributed by atoms with E-state index in [1.54, 1.807) is 28.2 Å². The molecular weight excluding hydrogens is 224 g/mol. The molecule has 2 rings (SSSR count). The van der Waals surface area contributed by atoms with Crippen LogP contribution >= 0.6 is 11.3 Å². The largest absolute Gasteiger partial charge is 0.340 e. The predicted molar refractivity (Wildman–Crippen MR) is 62.7 cm³/mol. The van der Waals surface area contributed by atoms with Gasteiger partial charge in [-0.25, -0.2) is 9.50 Å². The number of unbranched alkanes of at least 4 members (excludes halogenated alkanes) is 1. The Morgan fingerprint density at radius 2 is 2.44 bits per heavy atom. The molecule has 0 aliphatic rings. The van der Waals surface area contributed by atoms with E-state index in [1.165, 1.54) is 11.3 Å². The van der Waals surface area contributed by atoms with Gasteiger partial charge in [-0.05, 0) is 6.42 Å². The quantitative estimate of drug-likeness (QED) is 0.814. The van der Waals surface area contributed by atoms with Crippen molar-refractivity contribution >= 4 is 22.2 Å². The number of rotatable bonds is 4. The van der Waals surface area contributed by atoms with E-state index in [1.807, 2.05) is 0 Å². The lowest BCUT2D eigenvalue weighted by atomic mass is 10.3. The molecule has 0 saturated carbocycles. The van der Waals surface area contributed by atoms with Crippen LogP contribution in [0.4, 0.5) is 0 Å². The fourth-order valence-corrected chi connectivity index (χ4v) is 2.04. The van der Waals surface area contributed by atoms with E-state index in [4.69, 9.17) is 0 Å². The first-order valence-electron chi connectivity index (χ1n) is 5.26. The fraction of sp³-hybridized carbons (Fsp3) is 0.500. The zero-order chi connectivity index (χ0) is 11.5. The van der Waals surface area contributed by atoms with Gasteiger partial charge in [0.05, 0.1) is 6.20 Å². The minimum absolute atomic E-state index is 0.0360. The third-order valence-electron chi connectivity index (χ3n) is 2.40. The molecule has 0 fully saturated rings. The van der Waals surface area contributed by atoms with Crippen LogP contribution in [0.25, 0.3) is 4.96 Å². The first-order chi connectivity index (χ1) is 7.72. The third-order valence-corrected chi connectivity index (χ3v) is 3.09. The summed E-state index contributed by atoms with van der Waals surface area (Å²) in [6.45, 7) is 2.88. The Labute approximate surface area is 97.7 Å². The maximum Gasteiger partial charge on any atom is 0.273 e. The molecule has 0 bridgehead atoms. The molecule has 0 spiro atoms. The molecule has 0 saturated heterocycles. The first kappa shape index (κ1) is 11.1. The molecule has 0 aliphatic heterocycles. The van der Waals surface area contributed by atoms with Crippen LogP contribution in [-0.2, 0) is 0 Å². The van der Waals surface area contributed by atoms with Gasteiger partial charge in [0.1, 0.15) is 11.2 Å². The average molecular weight is 238 g/mol. The minimum atomic E-state index is -0.0360. The molecule has 2 aromatic rings. The zero-order valence-corrected chi connectivity index (χ0v) is 10.2. The number of imidazole rings is 1. The highest BCUT2D eigenvalue weighted by Gasteiger charge is 2.15. The summed E-state index contributed by atoms with van der Waals surface area (Å²) < 4.78 is 1.63. The highest BCUT2D eigenvalue weighted by atomic mass is 32.1. The van der Waals surface area contributed by atoms with E-state index < -0.39 is 0 Å². The number of carbonyl (C=O) groups excluding carboxylic acids is 1. The lowest BCUT2D eigenvalue weighted by molar-refractivity contribution is 0.0788. The molecule has 0 atom stereocenters.